The fourth-order valence-electron chi connectivity index (χ4n) is 2.41. The van der Waals surface area contributed by atoms with E-state index in [2.05, 4.69) is 10.3 Å². The first-order valence-corrected chi connectivity index (χ1v) is 8.62. The van der Waals surface area contributed by atoms with Crippen LogP contribution in [0.1, 0.15) is 18.5 Å². The monoisotopic (exact) mass is 332 g/mol. The number of nitrogens with one attached hydrogen (secondary N) is 1. The van der Waals surface area contributed by atoms with E-state index in [9.17, 15) is 4.79 Å². The molecule has 5 nitrogen and oxygen atoms in total. The highest BCUT2D eigenvalue weighted by molar-refractivity contribution is 7.13. The summed E-state index contributed by atoms with van der Waals surface area (Å²) in [6.07, 6.45) is 2.24. The Bertz CT molecular complexity index is 648. The largest absolute Gasteiger partial charge is 0.484 e. The number of ether oxygens (including phenoxy) is 2. The van der Waals surface area contributed by atoms with Crippen molar-refractivity contribution in [2.75, 3.05) is 19.8 Å². The third-order valence-corrected chi connectivity index (χ3v) is 4.65. The molecule has 2 aromatic rings. The number of carbonyl (C=O) groups is 1. The summed E-state index contributed by atoms with van der Waals surface area (Å²) < 4.78 is 11.0. The molecule has 1 aliphatic heterocycles. The molecule has 1 N–H and O–H groups in total. The predicted octanol–water partition coefficient (Wildman–Crippen LogP) is 2.79. The molecule has 6 heteroatoms. The Labute approximate surface area is 139 Å². The van der Waals surface area contributed by atoms with Crippen molar-refractivity contribution in [3.63, 3.8) is 0 Å². The molecule has 0 saturated carbocycles. The molecule has 1 atom stereocenters. The molecule has 1 amide bonds. The van der Waals surface area contributed by atoms with Gasteiger partial charge in [-0.15, -0.1) is 11.3 Å². The molecule has 122 valence electrons. The van der Waals surface area contributed by atoms with E-state index in [1.807, 2.05) is 36.6 Å². The normalized spacial score (nSPS) is 17.2. The summed E-state index contributed by atoms with van der Waals surface area (Å²) >= 11 is 1.62. The average Bonchev–Trinajstić information content (AvgIpc) is 3.23. The summed E-state index contributed by atoms with van der Waals surface area (Å²) in [7, 11) is 0. The first-order valence-electron chi connectivity index (χ1n) is 7.74. The molecule has 2 heterocycles. The van der Waals surface area contributed by atoms with Crippen molar-refractivity contribution in [2.24, 2.45) is 0 Å². The van der Waals surface area contributed by atoms with Crippen LogP contribution in [-0.4, -0.2) is 36.8 Å². The first-order chi connectivity index (χ1) is 11.2. The zero-order chi connectivity index (χ0) is 16.1. The van der Waals surface area contributed by atoms with Crippen LogP contribution in [0.5, 0.6) is 5.75 Å². The predicted molar refractivity (Wildman–Crippen MR) is 89.8 cm³/mol. The Morgan fingerprint density at radius 3 is 2.91 bits per heavy atom. The van der Waals surface area contributed by atoms with Crippen LogP contribution in [-0.2, 0) is 9.53 Å². The molecule has 0 bridgehead atoms. The molecule has 1 aromatic carbocycles. The quantitative estimate of drug-likeness (QED) is 0.884. The summed E-state index contributed by atoms with van der Waals surface area (Å²) in [4.78, 5) is 16.2. The lowest BCUT2D eigenvalue weighted by molar-refractivity contribution is -0.123. The second kappa shape index (κ2) is 7.57. The fraction of sp³-hybridized carbons (Fsp3) is 0.412. The van der Waals surface area contributed by atoms with Gasteiger partial charge < -0.3 is 14.8 Å². The van der Waals surface area contributed by atoms with Gasteiger partial charge in [0.2, 0.25) is 0 Å². The van der Waals surface area contributed by atoms with Gasteiger partial charge in [-0.2, -0.15) is 0 Å². The van der Waals surface area contributed by atoms with E-state index in [4.69, 9.17) is 9.47 Å². The number of carbonyl (C=O) groups excluding carboxylic acids is 1. The zero-order valence-corrected chi connectivity index (χ0v) is 13.9. The van der Waals surface area contributed by atoms with Gasteiger partial charge in [-0.1, -0.05) is 0 Å². The highest BCUT2D eigenvalue weighted by atomic mass is 32.1. The van der Waals surface area contributed by atoms with Crippen molar-refractivity contribution in [3.05, 3.63) is 35.3 Å². The van der Waals surface area contributed by atoms with Crippen LogP contribution in [0, 0.1) is 6.92 Å². The van der Waals surface area contributed by atoms with Crippen LogP contribution in [0.15, 0.2) is 29.6 Å². The average molecular weight is 332 g/mol. The van der Waals surface area contributed by atoms with Gasteiger partial charge in [-0.3, -0.25) is 4.79 Å². The molecule has 0 aliphatic carbocycles. The van der Waals surface area contributed by atoms with Crippen LogP contribution in [0.3, 0.4) is 0 Å². The van der Waals surface area contributed by atoms with Crippen molar-refractivity contribution >= 4 is 17.2 Å². The van der Waals surface area contributed by atoms with E-state index in [0.29, 0.717) is 12.3 Å². The standard InChI is InChI=1S/C17H20N2O3S/c1-12-11-23-17(19-12)13-4-6-14(7-5-13)22-10-16(20)18-9-15-3-2-8-21-15/h4-7,11,15H,2-3,8-10H2,1H3,(H,18,20)/t15-/m1/s1. The molecule has 1 aliphatic rings. The van der Waals surface area contributed by atoms with Gasteiger partial charge in [-0.05, 0) is 44.0 Å². The molecular weight excluding hydrogens is 312 g/mol. The van der Waals surface area contributed by atoms with Crippen LogP contribution in [0.4, 0.5) is 0 Å². The summed E-state index contributed by atoms with van der Waals surface area (Å²) in [5.74, 6) is 0.550. The second-order valence-corrected chi connectivity index (χ2v) is 6.40. The van der Waals surface area contributed by atoms with Gasteiger partial charge in [-0.25, -0.2) is 4.98 Å². The van der Waals surface area contributed by atoms with E-state index >= 15 is 0 Å². The smallest absolute Gasteiger partial charge is 0.258 e. The molecule has 1 aromatic heterocycles. The van der Waals surface area contributed by atoms with E-state index in [1.54, 1.807) is 11.3 Å². The SMILES string of the molecule is Cc1csc(-c2ccc(OCC(=O)NC[C@H]3CCCO3)cc2)n1. The summed E-state index contributed by atoms with van der Waals surface area (Å²) in [5.41, 5.74) is 2.08. The molecular formula is C17H20N2O3S. The Hall–Kier alpha value is -1.92. The van der Waals surface area contributed by atoms with E-state index in [-0.39, 0.29) is 18.6 Å². The lowest BCUT2D eigenvalue weighted by Gasteiger charge is -2.11. The van der Waals surface area contributed by atoms with Gasteiger partial charge in [0.25, 0.3) is 5.91 Å². The van der Waals surface area contributed by atoms with Gasteiger partial charge in [0.15, 0.2) is 6.61 Å². The Kier molecular flexibility index (Phi) is 5.25. The number of hydrogen-bond acceptors (Lipinski definition) is 5. The molecule has 3 rings (SSSR count). The zero-order valence-electron chi connectivity index (χ0n) is 13.1. The van der Waals surface area contributed by atoms with Crippen molar-refractivity contribution in [3.8, 4) is 16.3 Å². The fourth-order valence-corrected chi connectivity index (χ4v) is 3.22. The minimum atomic E-state index is -0.125. The maximum atomic E-state index is 11.8. The van der Waals surface area contributed by atoms with Gasteiger partial charge >= 0.3 is 0 Å². The lowest BCUT2D eigenvalue weighted by Crippen LogP contribution is -2.35. The summed E-state index contributed by atoms with van der Waals surface area (Å²) in [5, 5.41) is 5.85. The van der Waals surface area contributed by atoms with Crippen molar-refractivity contribution in [2.45, 2.75) is 25.9 Å². The highest BCUT2D eigenvalue weighted by Gasteiger charge is 2.16. The highest BCUT2D eigenvalue weighted by Crippen LogP contribution is 2.25. The van der Waals surface area contributed by atoms with Crippen LogP contribution in [0.25, 0.3) is 10.6 Å². The van der Waals surface area contributed by atoms with Gasteiger partial charge in [0.1, 0.15) is 10.8 Å². The van der Waals surface area contributed by atoms with Gasteiger partial charge in [0.05, 0.1) is 6.10 Å². The van der Waals surface area contributed by atoms with Crippen molar-refractivity contribution < 1.29 is 14.3 Å². The molecule has 23 heavy (non-hydrogen) atoms. The topological polar surface area (TPSA) is 60.5 Å². The van der Waals surface area contributed by atoms with Crippen LogP contribution in [0.2, 0.25) is 0 Å². The Morgan fingerprint density at radius 2 is 2.26 bits per heavy atom. The Balaban J connectivity index is 1.45. The number of benzene rings is 1. The summed E-state index contributed by atoms with van der Waals surface area (Å²) in [6.45, 7) is 3.35. The first kappa shape index (κ1) is 16.0. The van der Waals surface area contributed by atoms with Crippen molar-refractivity contribution in [1.82, 2.24) is 10.3 Å². The van der Waals surface area contributed by atoms with Gasteiger partial charge in [0, 0.05) is 29.8 Å². The number of aromatic nitrogens is 1. The summed E-state index contributed by atoms with van der Waals surface area (Å²) in [6, 6.07) is 7.63. The van der Waals surface area contributed by atoms with Crippen molar-refractivity contribution in [1.29, 1.82) is 0 Å². The number of amides is 1. The third-order valence-electron chi connectivity index (χ3n) is 3.64. The second-order valence-electron chi connectivity index (χ2n) is 5.55. The molecule has 0 unspecified atom stereocenters. The number of aryl methyl sites for hydroxylation is 1. The maximum absolute atomic E-state index is 11.8. The minimum absolute atomic E-state index is 0.0163. The van der Waals surface area contributed by atoms with E-state index < -0.39 is 0 Å². The lowest BCUT2D eigenvalue weighted by atomic mass is 10.2. The minimum Gasteiger partial charge on any atom is -0.484 e. The number of nitrogens with zero attached hydrogens (tertiary/aromatic N) is 1. The van der Waals surface area contributed by atoms with Crippen LogP contribution < -0.4 is 10.1 Å². The molecule has 0 spiro atoms. The number of hydrogen-bond donors (Lipinski definition) is 1. The Morgan fingerprint density at radius 1 is 1.43 bits per heavy atom. The van der Waals surface area contributed by atoms with E-state index in [1.165, 1.54) is 0 Å². The molecule has 1 fully saturated rings. The molecule has 1 saturated heterocycles. The number of thiazole rings is 1. The number of rotatable bonds is 6. The molecule has 0 radical (unpaired) electrons. The third kappa shape index (κ3) is 4.53. The van der Waals surface area contributed by atoms with Crippen LogP contribution >= 0.6 is 11.3 Å². The van der Waals surface area contributed by atoms with E-state index in [0.717, 1.165) is 35.7 Å². The maximum Gasteiger partial charge on any atom is 0.258 e.